The summed E-state index contributed by atoms with van der Waals surface area (Å²) in [5.74, 6) is 1.12. The van der Waals surface area contributed by atoms with Gasteiger partial charge >= 0.3 is 0 Å². The van der Waals surface area contributed by atoms with Crippen LogP contribution in [0.15, 0.2) is 24.3 Å². The van der Waals surface area contributed by atoms with Crippen LogP contribution >= 0.6 is 0 Å². The summed E-state index contributed by atoms with van der Waals surface area (Å²) >= 11 is 0. The van der Waals surface area contributed by atoms with E-state index in [0.717, 1.165) is 64.0 Å². The molecule has 1 aromatic rings. The highest BCUT2D eigenvalue weighted by Crippen LogP contribution is 2.37. The van der Waals surface area contributed by atoms with E-state index >= 15 is 0 Å². The fourth-order valence-electron chi connectivity index (χ4n) is 4.34. The SMILES string of the molecule is CCC(=O)N1CCCCC2(CO)CCN(CC2)Cc2ccccc2OCC1. The van der Waals surface area contributed by atoms with Crippen molar-refractivity contribution in [3.63, 3.8) is 0 Å². The Balaban J connectivity index is 1.76. The molecule has 3 aliphatic heterocycles. The van der Waals surface area contributed by atoms with Crippen molar-refractivity contribution in [3.8, 4) is 5.75 Å². The second-order valence-electron chi connectivity index (χ2n) is 8.08. The van der Waals surface area contributed by atoms with Crippen LogP contribution in [-0.4, -0.2) is 60.2 Å². The molecule has 5 nitrogen and oxygen atoms in total. The number of ether oxygens (including phenoxy) is 1. The lowest BCUT2D eigenvalue weighted by molar-refractivity contribution is -0.131. The van der Waals surface area contributed by atoms with E-state index in [1.54, 1.807) is 0 Å². The number of piperidine rings is 1. The van der Waals surface area contributed by atoms with E-state index < -0.39 is 0 Å². The van der Waals surface area contributed by atoms with E-state index in [9.17, 15) is 9.90 Å². The molecular formula is C22H34N2O3. The van der Waals surface area contributed by atoms with E-state index in [0.29, 0.717) is 19.6 Å². The summed E-state index contributed by atoms with van der Waals surface area (Å²) in [6.07, 6.45) is 5.74. The summed E-state index contributed by atoms with van der Waals surface area (Å²) in [6, 6.07) is 8.23. The van der Waals surface area contributed by atoms with Gasteiger partial charge in [-0.15, -0.1) is 0 Å². The largest absolute Gasteiger partial charge is 0.491 e. The molecule has 0 atom stereocenters. The molecule has 0 spiro atoms. The number of aliphatic hydroxyl groups excluding tert-OH is 1. The summed E-state index contributed by atoms with van der Waals surface area (Å²) in [7, 11) is 0. The number of rotatable bonds is 2. The molecule has 3 aliphatic rings. The highest BCUT2D eigenvalue weighted by atomic mass is 16.5. The second kappa shape index (κ2) is 9.56. The van der Waals surface area contributed by atoms with Gasteiger partial charge in [-0.1, -0.05) is 31.5 Å². The van der Waals surface area contributed by atoms with E-state index in [4.69, 9.17) is 4.74 Å². The van der Waals surface area contributed by atoms with Gasteiger partial charge in [0, 0.05) is 31.7 Å². The van der Waals surface area contributed by atoms with Crippen molar-refractivity contribution in [2.45, 2.75) is 52.0 Å². The predicted octanol–water partition coefficient (Wildman–Crippen LogP) is 3.06. The minimum atomic E-state index is 0.0618. The standard InChI is InChI=1S/C22H34N2O3/c1-2-21(26)24-12-6-5-9-22(18-25)10-13-23(14-11-22)17-19-7-3-4-8-20(19)27-16-15-24/h3-4,7-8,25H,2,5-6,9-18H2,1H3. The molecule has 5 heteroatoms. The summed E-state index contributed by atoms with van der Waals surface area (Å²) < 4.78 is 6.07. The summed E-state index contributed by atoms with van der Waals surface area (Å²) in [6.45, 7) is 7.07. The van der Waals surface area contributed by atoms with Crippen LogP contribution in [-0.2, 0) is 11.3 Å². The van der Waals surface area contributed by atoms with Gasteiger partial charge < -0.3 is 14.7 Å². The Morgan fingerprint density at radius 2 is 1.89 bits per heavy atom. The number of amides is 1. The predicted molar refractivity (Wildman–Crippen MR) is 107 cm³/mol. The maximum Gasteiger partial charge on any atom is 0.222 e. The van der Waals surface area contributed by atoms with E-state index in [2.05, 4.69) is 17.0 Å². The maximum atomic E-state index is 12.3. The third kappa shape index (κ3) is 5.23. The molecule has 150 valence electrons. The third-order valence-electron chi connectivity index (χ3n) is 6.28. The molecular weight excluding hydrogens is 340 g/mol. The molecule has 2 bridgehead atoms. The minimum Gasteiger partial charge on any atom is -0.491 e. The van der Waals surface area contributed by atoms with Gasteiger partial charge in [-0.3, -0.25) is 9.69 Å². The average Bonchev–Trinajstić information content (AvgIpc) is 2.72. The van der Waals surface area contributed by atoms with Crippen molar-refractivity contribution < 1.29 is 14.6 Å². The van der Waals surface area contributed by atoms with Crippen molar-refractivity contribution in [2.24, 2.45) is 5.41 Å². The number of hydrogen-bond acceptors (Lipinski definition) is 4. The summed E-state index contributed by atoms with van der Waals surface area (Å²) in [4.78, 5) is 16.7. The number of carbonyl (C=O) groups excluding carboxylic acids is 1. The molecule has 4 rings (SSSR count). The smallest absolute Gasteiger partial charge is 0.222 e. The first-order chi connectivity index (χ1) is 13.2. The Morgan fingerprint density at radius 3 is 2.63 bits per heavy atom. The first-order valence-electron chi connectivity index (χ1n) is 10.5. The molecule has 0 saturated carbocycles. The van der Waals surface area contributed by atoms with Gasteiger partial charge in [-0.05, 0) is 50.3 Å². The molecule has 1 saturated heterocycles. The normalized spacial score (nSPS) is 27.2. The average molecular weight is 375 g/mol. The third-order valence-corrected chi connectivity index (χ3v) is 6.28. The van der Waals surface area contributed by atoms with Gasteiger partial charge in [0.2, 0.25) is 5.91 Å². The number of benzene rings is 1. The number of fused-ring (bicyclic) bond motifs is 9. The molecule has 0 radical (unpaired) electrons. The van der Waals surface area contributed by atoms with Crippen LogP contribution in [0.1, 0.15) is 51.0 Å². The van der Waals surface area contributed by atoms with Gasteiger partial charge in [0.25, 0.3) is 0 Å². The molecule has 0 aromatic heterocycles. The van der Waals surface area contributed by atoms with Crippen LogP contribution in [0.25, 0.3) is 0 Å². The van der Waals surface area contributed by atoms with Crippen molar-refractivity contribution >= 4 is 5.91 Å². The van der Waals surface area contributed by atoms with Crippen molar-refractivity contribution in [3.05, 3.63) is 29.8 Å². The zero-order valence-electron chi connectivity index (χ0n) is 16.7. The zero-order chi connectivity index (χ0) is 19.1. The molecule has 0 aliphatic carbocycles. The van der Waals surface area contributed by atoms with E-state index in [-0.39, 0.29) is 17.9 Å². The van der Waals surface area contributed by atoms with E-state index in [1.807, 2.05) is 24.0 Å². The molecule has 0 unspecified atom stereocenters. The van der Waals surface area contributed by atoms with Gasteiger partial charge in [-0.2, -0.15) is 0 Å². The topological polar surface area (TPSA) is 53.0 Å². The van der Waals surface area contributed by atoms with Crippen LogP contribution in [0.2, 0.25) is 0 Å². The first-order valence-corrected chi connectivity index (χ1v) is 10.5. The Kier molecular flexibility index (Phi) is 7.13. The van der Waals surface area contributed by atoms with Gasteiger partial charge in [0.15, 0.2) is 0 Å². The number of hydrogen-bond donors (Lipinski definition) is 1. The summed E-state index contributed by atoms with van der Waals surface area (Å²) in [5.41, 5.74) is 1.27. The Hall–Kier alpha value is -1.59. The fraction of sp³-hybridized carbons (Fsp3) is 0.682. The number of carbonyl (C=O) groups is 1. The monoisotopic (exact) mass is 374 g/mol. The zero-order valence-corrected chi connectivity index (χ0v) is 16.7. The maximum absolute atomic E-state index is 12.3. The van der Waals surface area contributed by atoms with Crippen LogP contribution < -0.4 is 4.74 Å². The van der Waals surface area contributed by atoms with Crippen molar-refractivity contribution in [2.75, 3.05) is 39.4 Å². The molecule has 1 fully saturated rings. The van der Waals surface area contributed by atoms with Crippen LogP contribution in [0.5, 0.6) is 5.75 Å². The summed E-state index contributed by atoms with van der Waals surface area (Å²) in [5, 5.41) is 10.0. The lowest BCUT2D eigenvalue weighted by Gasteiger charge is -2.41. The quantitative estimate of drug-likeness (QED) is 0.864. The van der Waals surface area contributed by atoms with Crippen molar-refractivity contribution in [1.29, 1.82) is 0 Å². The number of aliphatic hydroxyl groups is 1. The van der Waals surface area contributed by atoms with Gasteiger partial charge in [0.05, 0.1) is 6.54 Å². The molecule has 1 aromatic carbocycles. The Labute approximate surface area is 163 Å². The molecule has 1 amide bonds. The Morgan fingerprint density at radius 1 is 1.11 bits per heavy atom. The lowest BCUT2D eigenvalue weighted by atomic mass is 9.75. The molecule has 1 N–H and O–H groups in total. The van der Waals surface area contributed by atoms with Crippen LogP contribution in [0.3, 0.4) is 0 Å². The minimum absolute atomic E-state index is 0.0618. The first kappa shape index (κ1) is 20.2. The number of nitrogens with zero attached hydrogens (tertiary/aromatic N) is 2. The lowest BCUT2D eigenvalue weighted by Crippen LogP contribution is -2.41. The Bertz CT molecular complexity index is 611. The van der Waals surface area contributed by atoms with Gasteiger partial charge in [0.1, 0.15) is 12.4 Å². The fourth-order valence-corrected chi connectivity index (χ4v) is 4.34. The highest BCUT2D eigenvalue weighted by molar-refractivity contribution is 5.75. The van der Waals surface area contributed by atoms with Crippen LogP contribution in [0.4, 0.5) is 0 Å². The molecule has 27 heavy (non-hydrogen) atoms. The van der Waals surface area contributed by atoms with E-state index in [1.165, 1.54) is 5.56 Å². The highest BCUT2D eigenvalue weighted by Gasteiger charge is 2.33. The van der Waals surface area contributed by atoms with Crippen LogP contribution in [0, 0.1) is 5.41 Å². The number of para-hydroxylation sites is 1. The molecule has 3 heterocycles. The van der Waals surface area contributed by atoms with Crippen molar-refractivity contribution in [1.82, 2.24) is 9.80 Å². The second-order valence-corrected chi connectivity index (χ2v) is 8.08. The van der Waals surface area contributed by atoms with Gasteiger partial charge in [-0.25, -0.2) is 0 Å².